The molecule has 0 atom stereocenters. The second-order valence-corrected chi connectivity index (χ2v) is 10.9. The fraction of sp³-hybridized carbons (Fsp3) is 0.182. The number of benzene rings is 3. The molecular formula is C33H34N6O2. The molecule has 41 heavy (non-hydrogen) atoms. The highest BCUT2D eigenvalue weighted by Gasteiger charge is 2.22. The van der Waals surface area contributed by atoms with Crippen LogP contribution < -0.4 is 21.1 Å². The molecule has 5 rings (SSSR count). The van der Waals surface area contributed by atoms with Crippen molar-refractivity contribution in [1.82, 2.24) is 14.8 Å². The van der Waals surface area contributed by atoms with E-state index in [9.17, 15) is 4.79 Å². The maximum Gasteiger partial charge on any atom is 0.324 e. The second-order valence-electron chi connectivity index (χ2n) is 10.9. The van der Waals surface area contributed by atoms with Gasteiger partial charge in [-0.1, -0.05) is 62.7 Å². The van der Waals surface area contributed by atoms with Crippen LogP contribution in [0.25, 0.3) is 22.2 Å². The Hall–Kier alpha value is -5.11. The van der Waals surface area contributed by atoms with Gasteiger partial charge in [0.15, 0.2) is 0 Å². The molecule has 5 aromatic rings. The Morgan fingerprint density at radius 2 is 1.68 bits per heavy atom. The Morgan fingerprint density at radius 1 is 0.951 bits per heavy atom. The first-order chi connectivity index (χ1) is 19.6. The fourth-order valence-electron chi connectivity index (χ4n) is 4.46. The van der Waals surface area contributed by atoms with Crippen LogP contribution in [0.1, 0.15) is 44.5 Å². The number of pyridine rings is 1. The van der Waals surface area contributed by atoms with E-state index in [0.29, 0.717) is 28.8 Å². The average molecular weight is 547 g/mol. The molecule has 4 N–H and O–H groups in total. The molecule has 8 nitrogen and oxygen atoms in total. The third-order valence-electron chi connectivity index (χ3n) is 6.68. The molecular weight excluding hydrogens is 512 g/mol. The molecule has 0 spiro atoms. The molecule has 0 saturated carbocycles. The van der Waals surface area contributed by atoms with Crippen LogP contribution in [-0.4, -0.2) is 20.8 Å². The molecule has 0 saturated heterocycles. The van der Waals surface area contributed by atoms with Crippen molar-refractivity contribution in [3.8, 4) is 11.4 Å². The van der Waals surface area contributed by atoms with Gasteiger partial charge in [-0.15, -0.1) is 0 Å². The van der Waals surface area contributed by atoms with Crippen LogP contribution in [-0.2, 0) is 5.41 Å². The van der Waals surface area contributed by atoms with Crippen molar-refractivity contribution in [2.45, 2.75) is 40.0 Å². The van der Waals surface area contributed by atoms with Gasteiger partial charge < -0.3 is 15.8 Å². The van der Waals surface area contributed by atoms with Crippen molar-refractivity contribution in [2.24, 2.45) is 0 Å². The van der Waals surface area contributed by atoms with E-state index in [-0.39, 0.29) is 11.4 Å². The number of nitrogens with one attached hydrogen (secondary N) is 2. The third-order valence-corrected chi connectivity index (χ3v) is 6.68. The minimum atomic E-state index is -0.376. The summed E-state index contributed by atoms with van der Waals surface area (Å²) < 4.78 is 8.08. The van der Waals surface area contributed by atoms with Gasteiger partial charge in [-0.3, -0.25) is 5.32 Å². The number of allylic oxidation sites excluding steroid dienone is 1. The van der Waals surface area contributed by atoms with Gasteiger partial charge in [0, 0.05) is 34.0 Å². The minimum absolute atomic E-state index is 0.192. The van der Waals surface area contributed by atoms with E-state index in [2.05, 4.69) is 36.4 Å². The number of aryl methyl sites for hydroxylation is 1. The van der Waals surface area contributed by atoms with Crippen LogP contribution in [0.15, 0.2) is 91.1 Å². The Labute approximate surface area is 239 Å². The highest BCUT2D eigenvalue weighted by atomic mass is 16.5. The van der Waals surface area contributed by atoms with Gasteiger partial charge in [-0.05, 0) is 56.3 Å². The van der Waals surface area contributed by atoms with E-state index in [0.717, 1.165) is 33.3 Å². The first-order valence-electron chi connectivity index (χ1n) is 13.5. The number of hydrogen-bond donors (Lipinski definition) is 3. The van der Waals surface area contributed by atoms with Crippen molar-refractivity contribution in [2.75, 3.05) is 16.4 Å². The zero-order valence-corrected chi connectivity index (χ0v) is 23.9. The molecule has 0 bridgehead atoms. The van der Waals surface area contributed by atoms with Crippen molar-refractivity contribution >= 4 is 39.9 Å². The summed E-state index contributed by atoms with van der Waals surface area (Å²) >= 11 is 0. The topological polar surface area (TPSA) is 107 Å². The van der Waals surface area contributed by atoms with Gasteiger partial charge in [-0.25, -0.2) is 14.5 Å². The third kappa shape index (κ3) is 6.06. The Morgan fingerprint density at radius 3 is 2.37 bits per heavy atom. The van der Waals surface area contributed by atoms with E-state index in [1.54, 1.807) is 16.9 Å². The molecule has 0 aliphatic carbocycles. The van der Waals surface area contributed by atoms with E-state index < -0.39 is 0 Å². The number of urea groups is 1. The number of nitrogens with two attached hydrogens (primary N) is 1. The standard InChI is InChI=1S/C33H34N6O2/c1-6-27(22-17-18-35-30(34)19-22)41-28-16-15-26(24-9-7-8-10-25(24)28)36-32(40)37-31-20-29(33(3,4)5)38-39(31)23-13-11-21(2)12-14-23/h6-20H,1-5H3,(H2,34,35)(H2,36,37,40)/b27-6+. The summed E-state index contributed by atoms with van der Waals surface area (Å²) in [5.41, 5.74) is 10.0. The fourth-order valence-corrected chi connectivity index (χ4v) is 4.46. The molecule has 8 heteroatoms. The number of rotatable bonds is 6. The number of anilines is 3. The normalized spacial score (nSPS) is 11.9. The largest absolute Gasteiger partial charge is 0.456 e. The van der Waals surface area contributed by atoms with Crippen molar-refractivity contribution in [3.63, 3.8) is 0 Å². The van der Waals surface area contributed by atoms with Gasteiger partial charge in [0.2, 0.25) is 0 Å². The number of amides is 2. The van der Waals surface area contributed by atoms with Gasteiger partial charge in [-0.2, -0.15) is 5.10 Å². The van der Waals surface area contributed by atoms with Gasteiger partial charge in [0.25, 0.3) is 0 Å². The molecule has 2 amide bonds. The maximum absolute atomic E-state index is 13.3. The zero-order chi connectivity index (χ0) is 29.1. The summed E-state index contributed by atoms with van der Waals surface area (Å²) in [6.07, 6.45) is 3.53. The Bertz CT molecular complexity index is 1750. The second kappa shape index (κ2) is 11.2. The van der Waals surface area contributed by atoms with Gasteiger partial charge in [0.05, 0.1) is 17.1 Å². The smallest absolute Gasteiger partial charge is 0.324 e. The average Bonchev–Trinajstić information content (AvgIpc) is 3.37. The number of hydrogen-bond acceptors (Lipinski definition) is 5. The number of aromatic nitrogens is 3. The highest BCUT2D eigenvalue weighted by Crippen LogP contribution is 2.34. The first-order valence-corrected chi connectivity index (χ1v) is 13.5. The van der Waals surface area contributed by atoms with Gasteiger partial charge >= 0.3 is 6.03 Å². The number of nitrogens with zero attached hydrogens (tertiary/aromatic N) is 3. The van der Waals surface area contributed by atoms with Crippen LogP contribution in [0.2, 0.25) is 0 Å². The van der Waals surface area contributed by atoms with Crippen molar-refractivity contribution in [3.05, 3.63) is 108 Å². The summed E-state index contributed by atoms with van der Waals surface area (Å²) in [6, 6.07) is 24.6. The molecule has 2 aromatic heterocycles. The molecule has 2 heterocycles. The maximum atomic E-state index is 13.3. The highest BCUT2D eigenvalue weighted by molar-refractivity contribution is 6.07. The predicted molar refractivity (Wildman–Crippen MR) is 167 cm³/mol. The SMILES string of the molecule is C/C=C(/Oc1ccc(NC(=O)Nc2cc(C(C)(C)C)nn2-c2ccc(C)cc2)c2ccccc12)c1ccnc(N)c1. The number of fused-ring (bicyclic) bond motifs is 1. The van der Waals surface area contributed by atoms with E-state index in [4.69, 9.17) is 15.6 Å². The molecule has 208 valence electrons. The predicted octanol–water partition coefficient (Wildman–Crippen LogP) is 7.69. The number of carbonyl (C=O) groups is 1. The van der Waals surface area contributed by atoms with Crippen LogP contribution in [0.5, 0.6) is 5.75 Å². The van der Waals surface area contributed by atoms with E-state index in [1.165, 1.54) is 0 Å². The Kier molecular flexibility index (Phi) is 7.48. The monoisotopic (exact) mass is 546 g/mol. The molecule has 0 aliphatic heterocycles. The van der Waals surface area contributed by atoms with Crippen LogP contribution in [0.3, 0.4) is 0 Å². The Balaban J connectivity index is 1.42. The molecule has 0 aliphatic rings. The number of carbonyl (C=O) groups excluding carboxylic acids is 1. The summed E-state index contributed by atoms with van der Waals surface area (Å²) in [4.78, 5) is 17.4. The summed E-state index contributed by atoms with van der Waals surface area (Å²) in [5, 5.41) is 12.5. The lowest BCUT2D eigenvalue weighted by Gasteiger charge is -2.16. The molecule has 0 fully saturated rings. The number of ether oxygens (including phenoxy) is 1. The molecule has 3 aromatic carbocycles. The summed E-state index contributed by atoms with van der Waals surface area (Å²) in [7, 11) is 0. The first kappa shape index (κ1) is 27.5. The summed E-state index contributed by atoms with van der Waals surface area (Å²) in [5.74, 6) is 2.30. The van der Waals surface area contributed by atoms with Gasteiger partial charge in [0.1, 0.15) is 23.1 Å². The molecule has 0 unspecified atom stereocenters. The van der Waals surface area contributed by atoms with E-state index in [1.807, 2.05) is 92.7 Å². The summed E-state index contributed by atoms with van der Waals surface area (Å²) in [6.45, 7) is 10.2. The lowest BCUT2D eigenvalue weighted by Crippen LogP contribution is -2.21. The minimum Gasteiger partial charge on any atom is -0.456 e. The van der Waals surface area contributed by atoms with Crippen molar-refractivity contribution in [1.29, 1.82) is 0 Å². The number of nitrogen functional groups attached to an aromatic ring is 1. The van der Waals surface area contributed by atoms with E-state index >= 15 is 0 Å². The van der Waals surface area contributed by atoms with Crippen molar-refractivity contribution < 1.29 is 9.53 Å². The lowest BCUT2D eigenvalue weighted by molar-refractivity contribution is 0.262. The zero-order valence-electron chi connectivity index (χ0n) is 23.9. The van der Waals surface area contributed by atoms with Crippen LogP contribution in [0, 0.1) is 6.92 Å². The quantitative estimate of drug-likeness (QED) is 0.189. The van der Waals surface area contributed by atoms with Crippen LogP contribution >= 0.6 is 0 Å². The molecule has 0 radical (unpaired) electrons. The van der Waals surface area contributed by atoms with Crippen LogP contribution in [0.4, 0.5) is 22.1 Å². The lowest BCUT2D eigenvalue weighted by atomic mass is 9.92.